The summed E-state index contributed by atoms with van der Waals surface area (Å²) in [5, 5.41) is 5.43. The van der Waals surface area contributed by atoms with Crippen molar-refractivity contribution in [1.82, 2.24) is 10.6 Å². The number of rotatable bonds is 7. The molecule has 0 fully saturated rings. The third kappa shape index (κ3) is 6.78. The molecule has 0 unspecified atom stereocenters. The van der Waals surface area contributed by atoms with Crippen LogP contribution in [0.1, 0.15) is 24.0 Å². The van der Waals surface area contributed by atoms with Gasteiger partial charge < -0.3 is 10.6 Å². The average Bonchev–Trinajstić information content (AvgIpc) is 2.57. The van der Waals surface area contributed by atoms with E-state index in [0.29, 0.717) is 6.54 Å². The summed E-state index contributed by atoms with van der Waals surface area (Å²) in [5.74, 6) is -0.275. The molecule has 0 spiro atoms. The van der Waals surface area contributed by atoms with E-state index in [-0.39, 0.29) is 11.8 Å². The quantitative estimate of drug-likeness (QED) is 0.742. The highest BCUT2D eigenvalue weighted by Crippen LogP contribution is 2.04. The van der Waals surface area contributed by atoms with Crippen LogP contribution in [0.25, 0.3) is 6.08 Å². The van der Waals surface area contributed by atoms with Gasteiger partial charge in [0.1, 0.15) is 5.82 Å². The molecule has 120 valence electrons. The normalized spacial score (nSPS) is 10.7. The smallest absolute Gasteiger partial charge is 0.318 e. The minimum atomic E-state index is -0.275. The number of unbranched alkanes of at least 4 members (excludes halogenated alkanes) is 1. The van der Waals surface area contributed by atoms with E-state index in [1.807, 2.05) is 18.2 Å². The van der Waals surface area contributed by atoms with E-state index in [0.717, 1.165) is 24.8 Å². The first-order chi connectivity index (χ1) is 11.2. The second-order valence-corrected chi connectivity index (χ2v) is 5.23. The minimum Gasteiger partial charge on any atom is -0.338 e. The Morgan fingerprint density at radius 1 is 1.00 bits per heavy atom. The maximum Gasteiger partial charge on any atom is 0.318 e. The van der Waals surface area contributed by atoms with Crippen molar-refractivity contribution in [2.75, 3.05) is 6.54 Å². The molecule has 0 aromatic heterocycles. The van der Waals surface area contributed by atoms with Gasteiger partial charge in [-0.3, -0.25) is 0 Å². The van der Waals surface area contributed by atoms with Crippen LogP contribution < -0.4 is 10.6 Å². The van der Waals surface area contributed by atoms with E-state index in [2.05, 4.69) is 22.8 Å². The van der Waals surface area contributed by atoms with E-state index >= 15 is 0 Å². The number of aryl methyl sites for hydroxylation is 1. The van der Waals surface area contributed by atoms with E-state index in [4.69, 9.17) is 0 Å². The van der Waals surface area contributed by atoms with Crippen LogP contribution in [-0.4, -0.2) is 12.6 Å². The molecule has 0 aliphatic carbocycles. The van der Waals surface area contributed by atoms with Gasteiger partial charge in [-0.1, -0.05) is 42.5 Å². The van der Waals surface area contributed by atoms with Gasteiger partial charge in [0.05, 0.1) is 0 Å². The van der Waals surface area contributed by atoms with Gasteiger partial charge in [-0.25, -0.2) is 9.18 Å². The number of hydrogen-bond acceptors (Lipinski definition) is 1. The zero-order chi connectivity index (χ0) is 16.3. The molecule has 2 rings (SSSR count). The summed E-state index contributed by atoms with van der Waals surface area (Å²) in [6.45, 7) is 0.642. The highest BCUT2D eigenvalue weighted by atomic mass is 19.1. The van der Waals surface area contributed by atoms with Gasteiger partial charge in [0.15, 0.2) is 0 Å². The largest absolute Gasteiger partial charge is 0.338 e. The molecule has 0 saturated carbocycles. The van der Waals surface area contributed by atoms with Gasteiger partial charge in [-0.15, -0.1) is 0 Å². The van der Waals surface area contributed by atoms with Crippen LogP contribution in [0.15, 0.2) is 60.8 Å². The Hall–Kier alpha value is -2.62. The van der Waals surface area contributed by atoms with E-state index in [9.17, 15) is 9.18 Å². The lowest BCUT2D eigenvalue weighted by atomic mass is 10.1. The third-order valence-corrected chi connectivity index (χ3v) is 3.38. The molecule has 3 nitrogen and oxygen atoms in total. The molecule has 0 radical (unpaired) electrons. The van der Waals surface area contributed by atoms with Crippen molar-refractivity contribution in [2.24, 2.45) is 0 Å². The predicted molar refractivity (Wildman–Crippen MR) is 91.3 cm³/mol. The molecule has 0 aliphatic rings. The Morgan fingerprint density at radius 2 is 1.74 bits per heavy atom. The lowest BCUT2D eigenvalue weighted by Crippen LogP contribution is -2.32. The fourth-order valence-corrected chi connectivity index (χ4v) is 2.14. The molecule has 0 saturated heterocycles. The first-order valence-corrected chi connectivity index (χ1v) is 7.74. The summed E-state index contributed by atoms with van der Waals surface area (Å²) in [4.78, 5) is 11.6. The monoisotopic (exact) mass is 312 g/mol. The lowest BCUT2D eigenvalue weighted by molar-refractivity contribution is 0.244. The zero-order valence-corrected chi connectivity index (χ0v) is 13.0. The minimum absolute atomic E-state index is 0.233. The fourth-order valence-electron chi connectivity index (χ4n) is 2.14. The number of halogens is 1. The first-order valence-electron chi connectivity index (χ1n) is 7.74. The van der Waals surface area contributed by atoms with Gasteiger partial charge in [-0.05, 0) is 48.6 Å². The Labute approximate surface area is 136 Å². The molecule has 0 aliphatic heterocycles. The Balaban J connectivity index is 1.57. The van der Waals surface area contributed by atoms with Crippen molar-refractivity contribution in [2.45, 2.75) is 19.3 Å². The van der Waals surface area contributed by atoms with Gasteiger partial charge in [0.25, 0.3) is 0 Å². The van der Waals surface area contributed by atoms with E-state index in [1.165, 1.54) is 17.7 Å². The standard InChI is InChI=1S/C19H21FN2O/c20-18-11-9-17(10-12-18)13-15-22-19(23)21-14-5-4-8-16-6-2-1-3-7-16/h1-3,6-7,9-13,15H,4-5,8,14H2,(H2,21,22,23)/b15-13+. The number of urea groups is 1. The van der Waals surface area contributed by atoms with Crippen LogP contribution in [0.5, 0.6) is 0 Å². The highest BCUT2D eigenvalue weighted by molar-refractivity contribution is 5.75. The molecule has 0 atom stereocenters. The van der Waals surface area contributed by atoms with Crippen LogP contribution >= 0.6 is 0 Å². The number of amides is 2. The van der Waals surface area contributed by atoms with Crippen LogP contribution in [0, 0.1) is 5.82 Å². The van der Waals surface area contributed by atoms with Gasteiger partial charge >= 0.3 is 6.03 Å². The van der Waals surface area contributed by atoms with E-state index in [1.54, 1.807) is 24.4 Å². The molecule has 2 N–H and O–H groups in total. The summed E-state index contributed by atoms with van der Waals surface area (Å²) in [6.07, 6.45) is 6.26. The summed E-state index contributed by atoms with van der Waals surface area (Å²) < 4.78 is 12.7. The Bertz CT molecular complexity index is 624. The van der Waals surface area contributed by atoms with Crippen LogP contribution in [0.2, 0.25) is 0 Å². The topological polar surface area (TPSA) is 41.1 Å². The van der Waals surface area contributed by atoms with Crippen molar-refractivity contribution in [1.29, 1.82) is 0 Å². The average molecular weight is 312 g/mol. The number of nitrogens with one attached hydrogen (secondary N) is 2. The molecule has 23 heavy (non-hydrogen) atoms. The van der Waals surface area contributed by atoms with Crippen molar-refractivity contribution < 1.29 is 9.18 Å². The summed E-state index contributed by atoms with van der Waals surface area (Å²) in [5.41, 5.74) is 2.15. The molecule has 0 bridgehead atoms. The van der Waals surface area contributed by atoms with Gasteiger partial charge in [0.2, 0.25) is 0 Å². The van der Waals surface area contributed by atoms with Crippen molar-refractivity contribution in [3.05, 3.63) is 77.7 Å². The summed E-state index contributed by atoms with van der Waals surface area (Å²) >= 11 is 0. The Kier molecular flexibility index (Phi) is 6.85. The molecule has 2 aromatic rings. The molecule has 2 aromatic carbocycles. The van der Waals surface area contributed by atoms with Crippen LogP contribution in [0.4, 0.5) is 9.18 Å². The van der Waals surface area contributed by atoms with Crippen molar-refractivity contribution in [3.8, 4) is 0 Å². The molecule has 4 heteroatoms. The summed E-state index contributed by atoms with van der Waals surface area (Å²) in [7, 11) is 0. The predicted octanol–water partition coefficient (Wildman–Crippen LogP) is 4.12. The fraction of sp³-hybridized carbons (Fsp3) is 0.211. The second-order valence-electron chi connectivity index (χ2n) is 5.23. The first kappa shape index (κ1) is 16.7. The van der Waals surface area contributed by atoms with Crippen molar-refractivity contribution in [3.63, 3.8) is 0 Å². The Morgan fingerprint density at radius 3 is 2.48 bits per heavy atom. The number of benzene rings is 2. The summed E-state index contributed by atoms with van der Waals surface area (Å²) in [6, 6.07) is 16.1. The van der Waals surface area contributed by atoms with Crippen LogP contribution in [0.3, 0.4) is 0 Å². The lowest BCUT2D eigenvalue weighted by Gasteiger charge is -2.05. The van der Waals surface area contributed by atoms with E-state index < -0.39 is 0 Å². The molecule has 0 heterocycles. The second kappa shape index (κ2) is 9.41. The zero-order valence-electron chi connectivity index (χ0n) is 13.0. The number of hydrogen-bond donors (Lipinski definition) is 2. The highest BCUT2D eigenvalue weighted by Gasteiger charge is 1.97. The SMILES string of the molecule is O=C(N/C=C/c1ccc(F)cc1)NCCCCc1ccccc1. The van der Waals surface area contributed by atoms with Crippen LogP contribution in [-0.2, 0) is 6.42 Å². The molecular formula is C19H21FN2O. The third-order valence-electron chi connectivity index (χ3n) is 3.38. The van der Waals surface area contributed by atoms with Gasteiger partial charge in [0, 0.05) is 12.7 Å². The number of carbonyl (C=O) groups excluding carboxylic acids is 1. The van der Waals surface area contributed by atoms with Crippen molar-refractivity contribution >= 4 is 12.1 Å². The molecular weight excluding hydrogens is 291 g/mol. The maximum absolute atomic E-state index is 12.7. The molecule has 2 amide bonds. The van der Waals surface area contributed by atoms with Gasteiger partial charge in [-0.2, -0.15) is 0 Å². The number of carbonyl (C=O) groups is 1. The maximum atomic E-state index is 12.7.